The number of amides is 4. The zero-order valence-corrected chi connectivity index (χ0v) is 11.7. The molecule has 0 radical (unpaired) electrons. The molecule has 0 spiro atoms. The van der Waals surface area contributed by atoms with Gasteiger partial charge in [0.2, 0.25) is 11.8 Å². The summed E-state index contributed by atoms with van der Waals surface area (Å²) in [6, 6.07) is 6.98. The number of hydrogen-bond donors (Lipinski definition) is 1. The molecule has 1 unspecified atom stereocenters. The van der Waals surface area contributed by atoms with E-state index < -0.39 is 23.8 Å². The predicted molar refractivity (Wildman–Crippen MR) is 73.7 cm³/mol. The maximum atomic E-state index is 12.3. The van der Waals surface area contributed by atoms with Gasteiger partial charge in [-0.05, 0) is 18.9 Å². The summed E-state index contributed by atoms with van der Waals surface area (Å²) < 4.78 is 0. The average Bonchev–Trinajstić information content (AvgIpc) is 2.39. The standard InChI is InChI=1S/C15H18N2O3/c1-3-5-12-13(18)16-15(20)17(14(12)19)9-11-7-4-6-10(2)8-11/h4,6-8,12H,3,5,9H2,1-2H3,(H,16,18,20). The molecule has 4 amide bonds. The van der Waals surface area contributed by atoms with Crippen molar-refractivity contribution in [1.82, 2.24) is 10.2 Å². The van der Waals surface area contributed by atoms with Crippen molar-refractivity contribution in [2.24, 2.45) is 5.92 Å². The first kappa shape index (κ1) is 14.2. The molecule has 1 heterocycles. The molecule has 1 aliphatic rings. The Labute approximate surface area is 118 Å². The number of benzene rings is 1. The molecule has 5 heteroatoms. The quantitative estimate of drug-likeness (QED) is 0.854. The van der Waals surface area contributed by atoms with Crippen LogP contribution in [0.4, 0.5) is 4.79 Å². The van der Waals surface area contributed by atoms with E-state index in [9.17, 15) is 14.4 Å². The summed E-state index contributed by atoms with van der Waals surface area (Å²) in [5.74, 6) is -1.63. The second-order valence-electron chi connectivity index (χ2n) is 5.05. The number of carbonyl (C=O) groups is 3. The van der Waals surface area contributed by atoms with Crippen LogP contribution in [0.1, 0.15) is 30.9 Å². The smallest absolute Gasteiger partial charge is 0.277 e. The first-order valence-corrected chi connectivity index (χ1v) is 6.74. The lowest BCUT2D eigenvalue weighted by molar-refractivity contribution is -0.143. The molecule has 1 aliphatic heterocycles. The van der Waals surface area contributed by atoms with Gasteiger partial charge < -0.3 is 0 Å². The highest BCUT2D eigenvalue weighted by Crippen LogP contribution is 2.18. The summed E-state index contributed by atoms with van der Waals surface area (Å²) in [6.45, 7) is 4.05. The van der Waals surface area contributed by atoms with E-state index in [-0.39, 0.29) is 6.54 Å². The van der Waals surface area contributed by atoms with E-state index in [0.29, 0.717) is 6.42 Å². The Morgan fingerprint density at radius 2 is 2.00 bits per heavy atom. The lowest BCUT2D eigenvalue weighted by atomic mass is 9.99. The molecule has 1 N–H and O–H groups in total. The molecule has 0 bridgehead atoms. The Morgan fingerprint density at radius 3 is 2.65 bits per heavy atom. The van der Waals surface area contributed by atoms with Crippen LogP contribution in [0.3, 0.4) is 0 Å². The Bertz CT molecular complexity index is 554. The third-order valence-corrected chi connectivity index (χ3v) is 3.36. The SMILES string of the molecule is CCCC1C(=O)NC(=O)N(Cc2cccc(C)c2)C1=O. The molecule has 2 rings (SSSR count). The normalized spacial score (nSPS) is 19.2. The van der Waals surface area contributed by atoms with Crippen molar-refractivity contribution in [2.45, 2.75) is 33.2 Å². The van der Waals surface area contributed by atoms with Crippen molar-refractivity contribution in [1.29, 1.82) is 0 Å². The van der Waals surface area contributed by atoms with Crippen LogP contribution in [0, 0.1) is 12.8 Å². The predicted octanol–water partition coefficient (Wildman–Crippen LogP) is 1.99. The molecule has 0 saturated carbocycles. The summed E-state index contributed by atoms with van der Waals surface area (Å²) in [6.07, 6.45) is 1.18. The number of urea groups is 1. The molecule has 106 valence electrons. The van der Waals surface area contributed by atoms with Gasteiger partial charge in [0.05, 0.1) is 6.54 Å². The fourth-order valence-electron chi connectivity index (χ4n) is 2.35. The molecule has 0 aromatic heterocycles. The van der Waals surface area contributed by atoms with Crippen LogP contribution in [-0.2, 0) is 16.1 Å². The molecule has 1 atom stereocenters. The second kappa shape index (κ2) is 5.86. The summed E-state index contributed by atoms with van der Waals surface area (Å²) in [4.78, 5) is 36.9. The van der Waals surface area contributed by atoms with Gasteiger partial charge in [0.15, 0.2) is 0 Å². The molecule has 1 fully saturated rings. The minimum absolute atomic E-state index is 0.194. The molecule has 1 aromatic rings. The number of nitrogens with one attached hydrogen (secondary N) is 1. The Morgan fingerprint density at radius 1 is 1.25 bits per heavy atom. The van der Waals surface area contributed by atoms with E-state index in [1.54, 1.807) is 0 Å². The fourth-order valence-corrected chi connectivity index (χ4v) is 2.35. The van der Waals surface area contributed by atoms with Crippen molar-refractivity contribution < 1.29 is 14.4 Å². The van der Waals surface area contributed by atoms with Crippen LogP contribution in [0.15, 0.2) is 24.3 Å². The second-order valence-corrected chi connectivity index (χ2v) is 5.05. The largest absolute Gasteiger partial charge is 0.331 e. The fraction of sp³-hybridized carbons (Fsp3) is 0.400. The zero-order valence-electron chi connectivity index (χ0n) is 11.7. The van der Waals surface area contributed by atoms with Gasteiger partial charge in [0.25, 0.3) is 0 Å². The average molecular weight is 274 g/mol. The first-order valence-electron chi connectivity index (χ1n) is 6.74. The molecule has 1 aromatic carbocycles. The van der Waals surface area contributed by atoms with Crippen LogP contribution >= 0.6 is 0 Å². The highest BCUT2D eigenvalue weighted by atomic mass is 16.2. The summed E-state index contributed by atoms with van der Waals surface area (Å²) in [5.41, 5.74) is 1.94. The number of rotatable bonds is 4. The van der Waals surface area contributed by atoms with Gasteiger partial charge in [-0.25, -0.2) is 4.79 Å². The Kier molecular flexibility index (Phi) is 4.17. The highest BCUT2D eigenvalue weighted by Gasteiger charge is 2.39. The van der Waals surface area contributed by atoms with Crippen molar-refractivity contribution in [3.05, 3.63) is 35.4 Å². The number of imide groups is 2. The van der Waals surface area contributed by atoms with Gasteiger partial charge in [-0.1, -0.05) is 43.2 Å². The van der Waals surface area contributed by atoms with Gasteiger partial charge in [-0.15, -0.1) is 0 Å². The summed E-state index contributed by atoms with van der Waals surface area (Å²) in [7, 11) is 0. The lowest BCUT2D eigenvalue weighted by Gasteiger charge is -2.30. The van der Waals surface area contributed by atoms with E-state index in [0.717, 1.165) is 22.4 Å². The number of nitrogens with zero attached hydrogens (tertiary/aromatic N) is 1. The number of aryl methyl sites for hydroxylation is 1. The van der Waals surface area contributed by atoms with Crippen LogP contribution < -0.4 is 5.32 Å². The van der Waals surface area contributed by atoms with Crippen LogP contribution in [0.5, 0.6) is 0 Å². The van der Waals surface area contributed by atoms with Crippen LogP contribution in [0.25, 0.3) is 0 Å². The minimum Gasteiger partial charge on any atom is -0.277 e. The zero-order chi connectivity index (χ0) is 14.7. The van der Waals surface area contributed by atoms with Gasteiger partial charge in [0.1, 0.15) is 5.92 Å². The van der Waals surface area contributed by atoms with Gasteiger partial charge >= 0.3 is 6.03 Å². The maximum Gasteiger partial charge on any atom is 0.331 e. The summed E-state index contributed by atoms with van der Waals surface area (Å²) >= 11 is 0. The van der Waals surface area contributed by atoms with E-state index >= 15 is 0 Å². The Balaban J connectivity index is 2.19. The van der Waals surface area contributed by atoms with Crippen LogP contribution in [-0.4, -0.2) is 22.7 Å². The number of hydrogen-bond acceptors (Lipinski definition) is 3. The van der Waals surface area contributed by atoms with Gasteiger partial charge in [-0.3, -0.25) is 19.8 Å². The number of barbiturate groups is 1. The van der Waals surface area contributed by atoms with E-state index in [4.69, 9.17) is 0 Å². The monoisotopic (exact) mass is 274 g/mol. The number of carbonyl (C=O) groups excluding carboxylic acids is 3. The molecular weight excluding hydrogens is 256 g/mol. The minimum atomic E-state index is -0.748. The first-order chi connectivity index (χ1) is 9.52. The molecule has 20 heavy (non-hydrogen) atoms. The van der Waals surface area contributed by atoms with E-state index in [2.05, 4.69) is 5.32 Å². The maximum absolute atomic E-state index is 12.3. The molecule has 0 aliphatic carbocycles. The van der Waals surface area contributed by atoms with Crippen LogP contribution in [0.2, 0.25) is 0 Å². The van der Waals surface area contributed by atoms with Gasteiger partial charge in [0, 0.05) is 0 Å². The molecule has 1 saturated heterocycles. The van der Waals surface area contributed by atoms with Crippen molar-refractivity contribution in [3.63, 3.8) is 0 Å². The van der Waals surface area contributed by atoms with Gasteiger partial charge in [-0.2, -0.15) is 0 Å². The van der Waals surface area contributed by atoms with E-state index in [1.807, 2.05) is 38.1 Å². The third-order valence-electron chi connectivity index (χ3n) is 3.36. The van der Waals surface area contributed by atoms with Crippen molar-refractivity contribution >= 4 is 17.8 Å². The summed E-state index contributed by atoms with van der Waals surface area (Å²) in [5, 5.41) is 2.26. The third kappa shape index (κ3) is 2.87. The van der Waals surface area contributed by atoms with E-state index in [1.165, 1.54) is 0 Å². The highest BCUT2D eigenvalue weighted by molar-refractivity contribution is 6.16. The topological polar surface area (TPSA) is 66.5 Å². The van der Waals surface area contributed by atoms with Crippen molar-refractivity contribution in [3.8, 4) is 0 Å². The Hall–Kier alpha value is -2.17. The lowest BCUT2D eigenvalue weighted by Crippen LogP contribution is -2.57. The molecule has 5 nitrogen and oxygen atoms in total. The molecular formula is C15H18N2O3. The van der Waals surface area contributed by atoms with Crippen molar-refractivity contribution in [2.75, 3.05) is 0 Å².